The van der Waals surface area contributed by atoms with Gasteiger partial charge in [0.25, 0.3) is 0 Å². The molecular formula is C11H12F2O4. The van der Waals surface area contributed by atoms with Gasteiger partial charge in [-0.05, 0) is 12.1 Å². The second-order valence-corrected chi connectivity index (χ2v) is 3.29. The zero-order chi connectivity index (χ0) is 13.0. The Bertz CT molecular complexity index is 420. The molecule has 1 atom stereocenters. The maximum absolute atomic E-state index is 13.8. The highest BCUT2D eigenvalue weighted by Crippen LogP contribution is 2.23. The normalized spacial score (nSPS) is 12.3. The molecule has 0 spiro atoms. The number of ether oxygens (including phenoxy) is 2. The van der Waals surface area contributed by atoms with Gasteiger partial charge in [0.05, 0.1) is 13.7 Å². The summed E-state index contributed by atoms with van der Waals surface area (Å²) in [6.45, 7) is -0.292. The van der Waals surface area contributed by atoms with E-state index in [-0.39, 0.29) is 17.7 Å². The lowest BCUT2D eigenvalue weighted by Crippen LogP contribution is -2.16. The number of halogens is 2. The van der Waals surface area contributed by atoms with Crippen molar-refractivity contribution < 1.29 is 28.2 Å². The first-order valence-corrected chi connectivity index (χ1v) is 4.74. The lowest BCUT2D eigenvalue weighted by Gasteiger charge is -2.12. The molecule has 0 amide bonds. The summed E-state index contributed by atoms with van der Waals surface area (Å²) < 4.78 is 35.9. The van der Waals surface area contributed by atoms with Crippen LogP contribution in [0.1, 0.15) is 17.2 Å². The molecule has 1 rings (SSSR count). The molecule has 0 aliphatic carbocycles. The van der Waals surface area contributed by atoms with Gasteiger partial charge in [0.1, 0.15) is 11.6 Å². The van der Waals surface area contributed by atoms with E-state index in [2.05, 4.69) is 9.47 Å². The van der Waals surface area contributed by atoms with Crippen LogP contribution in [-0.2, 0) is 20.9 Å². The molecule has 0 radical (unpaired) electrons. The average molecular weight is 246 g/mol. The maximum Gasteiger partial charge on any atom is 0.339 e. The zero-order valence-corrected chi connectivity index (χ0v) is 9.37. The lowest BCUT2D eigenvalue weighted by atomic mass is 10.0. The number of aliphatic hydroxyl groups excluding tert-OH is 1. The summed E-state index contributed by atoms with van der Waals surface area (Å²) >= 11 is 0. The number of benzene rings is 1. The van der Waals surface area contributed by atoms with E-state index in [4.69, 9.17) is 0 Å². The van der Waals surface area contributed by atoms with Crippen molar-refractivity contribution in [1.82, 2.24) is 0 Å². The second-order valence-electron chi connectivity index (χ2n) is 3.29. The van der Waals surface area contributed by atoms with Crippen molar-refractivity contribution in [3.05, 3.63) is 34.9 Å². The molecule has 1 unspecified atom stereocenters. The SMILES string of the molecule is COCc1c(F)ccc(C(O)C(=O)OC)c1F. The molecule has 0 aromatic heterocycles. The second kappa shape index (κ2) is 5.70. The van der Waals surface area contributed by atoms with E-state index in [1.54, 1.807) is 0 Å². The van der Waals surface area contributed by atoms with Crippen LogP contribution in [0.5, 0.6) is 0 Å². The minimum atomic E-state index is -1.78. The summed E-state index contributed by atoms with van der Waals surface area (Å²) in [5.41, 5.74) is -0.682. The number of methoxy groups -OCH3 is 2. The first kappa shape index (κ1) is 13.5. The third-order valence-corrected chi connectivity index (χ3v) is 2.22. The van der Waals surface area contributed by atoms with Crippen LogP contribution in [0, 0.1) is 11.6 Å². The van der Waals surface area contributed by atoms with Gasteiger partial charge in [-0.25, -0.2) is 13.6 Å². The molecule has 0 aliphatic heterocycles. The molecule has 1 aromatic carbocycles. The average Bonchev–Trinajstić information content (AvgIpc) is 2.32. The molecule has 94 valence electrons. The van der Waals surface area contributed by atoms with Gasteiger partial charge in [-0.1, -0.05) is 0 Å². The standard InChI is InChI=1S/C11H12F2O4/c1-16-5-7-8(12)4-3-6(9(7)13)10(14)11(15)17-2/h3-4,10,14H,5H2,1-2H3. The Morgan fingerprint density at radius 1 is 1.41 bits per heavy atom. The Balaban J connectivity index is 3.18. The minimum Gasteiger partial charge on any atom is -0.467 e. The number of carbonyl (C=O) groups excluding carboxylic acids is 1. The number of rotatable bonds is 4. The van der Waals surface area contributed by atoms with Crippen molar-refractivity contribution in [2.45, 2.75) is 12.7 Å². The molecule has 6 heteroatoms. The molecule has 1 aromatic rings. The van der Waals surface area contributed by atoms with Gasteiger partial charge in [0.15, 0.2) is 6.10 Å². The fraction of sp³-hybridized carbons (Fsp3) is 0.364. The van der Waals surface area contributed by atoms with Gasteiger partial charge in [-0.2, -0.15) is 0 Å². The van der Waals surface area contributed by atoms with E-state index >= 15 is 0 Å². The van der Waals surface area contributed by atoms with Gasteiger partial charge in [0, 0.05) is 18.2 Å². The molecule has 0 saturated heterocycles. The quantitative estimate of drug-likeness (QED) is 0.814. The smallest absolute Gasteiger partial charge is 0.339 e. The molecule has 0 heterocycles. The number of hydrogen-bond acceptors (Lipinski definition) is 4. The van der Waals surface area contributed by atoms with Crippen molar-refractivity contribution >= 4 is 5.97 Å². The Morgan fingerprint density at radius 2 is 2.06 bits per heavy atom. The van der Waals surface area contributed by atoms with Crippen LogP contribution in [-0.4, -0.2) is 25.3 Å². The van der Waals surface area contributed by atoms with Crippen LogP contribution in [0.3, 0.4) is 0 Å². The molecule has 0 aliphatic rings. The summed E-state index contributed by atoms with van der Waals surface area (Å²) in [5, 5.41) is 9.48. The number of carbonyl (C=O) groups is 1. The van der Waals surface area contributed by atoms with Crippen LogP contribution in [0.4, 0.5) is 8.78 Å². The van der Waals surface area contributed by atoms with Crippen LogP contribution in [0.2, 0.25) is 0 Å². The Kier molecular flexibility index (Phi) is 4.53. The predicted molar refractivity (Wildman–Crippen MR) is 54.0 cm³/mol. The van der Waals surface area contributed by atoms with E-state index in [1.165, 1.54) is 7.11 Å². The Labute approximate surface area is 96.8 Å². The van der Waals surface area contributed by atoms with Gasteiger partial charge in [-0.15, -0.1) is 0 Å². The Morgan fingerprint density at radius 3 is 2.59 bits per heavy atom. The monoisotopic (exact) mass is 246 g/mol. The van der Waals surface area contributed by atoms with Gasteiger partial charge in [0.2, 0.25) is 0 Å². The third-order valence-electron chi connectivity index (χ3n) is 2.22. The largest absolute Gasteiger partial charge is 0.467 e. The molecule has 17 heavy (non-hydrogen) atoms. The van der Waals surface area contributed by atoms with Crippen LogP contribution >= 0.6 is 0 Å². The summed E-state index contributed by atoms with van der Waals surface area (Å²) in [4.78, 5) is 11.1. The number of aliphatic hydroxyl groups is 1. The first-order chi connectivity index (χ1) is 8.02. The lowest BCUT2D eigenvalue weighted by molar-refractivity contribution is -0.150. The highest BCUT2D eigenvalue weighted by atomic mass is 19.1. The predicted octanol–water partition coefficient (Wildman–Crippen LogP) is 1.32. The molecule has 0 saturated carbocycles. The van der Waals surface area contributed by atoms with Crippen molar-refractivity contribution in [2.75, 3.05) is 14.2 Å². The van der Waals surface area contributed by atoms with Gasteiger partial charge < -0.3 is 14.6 Å². The first-order valence-electron chi connectivity index (χ1n) is 4.74. The molecule has 4 nitrogen and oxygen atoms in total. The van der Waals surface area contributed by atoms with E-state index in [0.717, 1.165) is 19.2 Å². The summed E-state index contributed by atoms with van der Waals surface area (Å²) in [6.07, 6.45) is -1.78. The van der Waals surface area contributed by atoms with Crippen LogP contribution in [0.15, 0.2) is 12.1 Å². The van der Waals surface area contributed by atoms with Gasteiger partial charge >= 0.3 is 5.97 Å². The molecular weight excluding hydrogens is 234 g/mol. The fourth-order valence-electron chi connectivity index (χ4n) is 1.34. The van der Waals surface area contributed by atoms with Crippen LogP contribution in [0.25, 0.3) is 0 Å². The molecule has 1 N–H and O–H groups in total. The van der Waals surface area contributed by atoms with Crippen molar-refractivity contribution in [2.24, 2.45) is 0 Å². The number of hydrogen-bond donors (Lipinski definition) is 1. The fourth-order valence-corrected chi connectivity index (χ4v) is 1.34. The van der Waals surface area contributed by atoms with Crippen molar-refractivity contribution in [3.63, 3.8) is 0 Å². The highest BCUT2D eigenvalue weighted by Gasteiger charge is 2.24. The molecule has 0 bridgehead atoms. The zero-order valence-electron chi connectivity index (χ0n) is 9.37. The van der Waals surface area contributed by atoms with Crippen molar-refractivity contribution in [1.29, 1.82) is 0 Å². The third kappa shape index (κ3) is 2.78. The topological polar surface area (TPSA) is 55.8 Å². The summed E-state index contributed by atoms with van der Waals surface area (Å²) in [7, 11) is 2.34. The van der Waals surface area contributed by atoms with Gasteiger partial charge in [-0.3, -0.25) is 0 Å². The van der Waals surface area contributed by atoms with Crippen LogP contribution < -0.4 is 0 Å². The van der Waals surface area contributed by atoms with E-state index < -0.39 is 23.7 Å². The highest BCUT2D eigenvalue weighted by molar-refractivity contribution is 5.76. The minimum absolute atomic E-state index is 0.292. The van der Waals surface area contributed by atoms with Crippen molar-refractivity contribution in [3.8, 4) is 0 Å². The summed E-state index contributed by atoms with van der Waals surface area (Å²) in [6, 6.07) is 1.95. The van der Waals surface area contributed by atoms with E-state index in [0.29, 0.717) is 0 Å². The van der Waals surface area contributed by atoms with E-state index in [1.807, 2.05) is 0 Å². The Hall–Kier alpha value is -1.53. The van der Waals surface area contributed by atoms with E-state index in [9.17, 15) is 18.7 Å². The molecule has 0 fully saturated rings. The number of esters is 1. The maximum atomic E-state index is 13.8. The summed E-state index contributed by atoms with van der Waals surface area (Å²) in [5.74, 6) is -2.83.